The summed E-state index contributed by atoms with van der Waals surface area (Å²) < 4.78 is 0. The Morgan fingerprint density at radius 3 is 2.44 bits per heavy atom. The smallest absolute Gasteiger partial charge is 0.233 e. The van der Waals surface area contributed by atoms with Gasteiger partial charge in [0.25, 0.3) is 0 Å². The first kappa shape index (κ1) is 13.4. The van der Waals surface area contributed by atoms with E-state index in [1.807, 2.05) is 31.2 Å². The van der Waals surface area contributed by atoms with Gasteiger partial charge in [0, 0.05) is 12.1 Å². The molecular formula is C14H18ClNO2. The highest BCUT2D eigenvalue weighted by atomic mass is 35.5. The molecule has 1 unspecified atom stereocenters. The highest BCUT2D eigenvalue weighted by Gasteiger charge is 2.52. The summed E-state index contributed by atoms with van der Waals surface area (Å²) in [6.07, 6.45) is 1.74. The zero-order chi connectivity index (χ0) is 13.3. The van der Waals surface area contributed by atoms with Gasteiger partial charge in [0.2, 0.25) is 5.91 Å². The Morgan fingerprint density at radius 1 is 1.44 bits per heavy atom. The Balaban J connectivity index is 2.21. The highest BCUT2D eigenvalue weighted by molar-refractivity contribution is 6.30. The molecule has 1 atom stereocenters. The number of aliphatic hydroxyl groups excluding tert-OH is 1. The van der Waals surface area contributed by atoms with E-state index in [9.17, 15) is 4.79 Å². The lowest BCUT2D eigenvalue weighted by Crippen LogP contribution is -2.43. The molecule has 1 aliphatic carbocycles. The fraction of sp³-hybridized carbons (Fsp3) is 0.500. The first-order valence-corrected chi connectivity index (χ1v) is 6.53. The first-order valence-electron chi connectivity index (χ1n) is 6.15. The molecule has 1 aromatic rings. The van der Waals surface area contributed by atoms with E-state index < -0.39 is 0 Å². The van der Waals surface area contributed by atoms with Crippen molar-refractivity contribution < 1.29 is 9.90 Å². The summed E-state index contributed by atoms with van der Waals surface area (Å²) in [6, 6.07) is 7.33. The fourth-order valence-electron chi connectivity index (χ4n) is 2.18. The zero-order valence-electron chi connectivity index (χ0n) is 10.7. The molecule has 1 aromatic carbocycles. The van der Waals surface area contributed by atoms with E-state index in [-0.39, 0.29) is 24.0 Å². The maximum Gasteiger partial charge on any atom is 0.233 e. The van der Waals surface area contributed by atoms with Crippen molar-refractivity contribution in [3.05, 3.63) is 34.9 Å². The largest absolute Gasteiger partial charge is 0.394 e. The molecule has 0 aliphatic heterocycles. The standard InChI is InChI=1S/C14H18ClNO2/c1-10(9-17)16(2)13(18)14(7-8-14)11-3-5-12(15)6-4-11/h3-6,10,17H,7-9H2,1-2H3. The first-order chi connectivity index (χ1) is 8.51. The Hall–Kier alpha value is -1.06. The molecule has 0 spiro atoms. The Morgan fingerprint density at radius 2 is 2.00 bits per heavy atom. The van der Waals surface area contributed by atoms with Gasteiger partial charge in [-0.15, -0.1) is 0 Å². The van der Waals surface area contributed by atoms with E-state index in [0.717, 1.165) is 18.4 Å². The lowest BCUT2D eigenvalue weighted by atomic mass is 9.94. The minimum Gasteiger partial charge on any atom is -0.394 e. The number of halogens is 1. The molecule has 0 bridgehead atoms. The second kappa shape index (κ2) is 4.90. The molecule has 98 valence electrons. The van der Waals surface area contributed by atoms with Gasteiger partial charge < -0.3 is 10.0 Å². The molecule has 1 aliphatic rings. The lowest BCUT2D eigenvalue weighted by Gasteiger charge is -2.28. The van der Waals surface area contributed by atoms with E-state index >= 15 is 0 Å². The van der Waals surface area contributed by atoms with Gasteiger partial charge in [-0.1, -0.05) is 23.7 Å². The van der Waals surface area contributed by atoms with Crippen molar-refractivity contribution in [3.8, 4) is 0 Å². The van der Waals surface area contributed by atoms with Crippen molar-refractivity contribution >= 4 is 17.5 Å². The van der Waals surface area contributed by atoms with Crippen molar-refractivity contribution in [3.63, 3.8) is 0 Å². The third-order valence-electron chi connectivity index (χ3n) is 3.80. The number of benzene rings is 1. The van der Waals surface area contributed by atoms with Crippen molar-refractivity contribution in [2.45, 2.75) is 31.2 Å². The number of carbonyl (C=O) groups excluding carboxylic acids is 1. The maximum absolute atomic E-state index is 12.5. The maximum atomic E-state index is 12.5. The quantitative estimate of drug-likeness (QED) is 0.909. The summed E-state index contributed by atoms with van der Waals surface area (Å²) in [5.74, 6) is 0.0892. The van der Waals surface area contributed by atoms with Gasteiger partial charge in [-0.3, -0.25) is 4.79 Å². The van der Waals surface area contributed by atoms with E-state index in [2.05, 4.69) is 0 Å². The minimum absolute atomic E-state index is 0.0149. The van der Waals surface area contributed by atoms with Crippen LogP contribution < -0.4 is 0 Å². The minimum atomic E-state index is -0.386. The number of rotatable bonds is 4. The molecular weight excluding hydrogens is 250 g/mol. The van der Waals surface area contributed by atoms with Crippen LogP contribution in [0, 0.1) is 0 Å². The molecule has 4 heteroatoms. The van der Waals surface area contributed by atoms with Crippen molar-refractivity contribution in [2.24, 2.45) is 0 Å². The van der Waals surface area contributed by atoms with Crippen LogP contribution in [-0.4, -0.2) is 35.6 Å². The molecule has 1 amide bonds. The third-order valence-corrected chi connectivity index (χ3v) is 4.05. The predicted octanol–water partition coefficient (Wildman–Crippen LogP) is 2.21. The van der Waals surface area contributed by atoms with E-state index in [1.165, 1.54) is 0 Å². The SMILES string of the molecule is CC(CO)N(C)C(=O)C1(c2ccc(Cl)cc2)CC1. The monoisotopic (exact) mass is 267 g/mol. The van der Waals surface area contributed by atoms with Gasteiger partial charge in [0.1, 0.15) is 0 Å². The number of hydrogen-bond acceptors (Lipinski definition) is 2. The van der Waals surface area contributed by atoms with Gasteiger partial charge in [-0.05, 0) is 37.5 Å². The summed E-state index contributed by atoms with van der Waals surface area (Å²) >= 11 is 5.87. The number of amides is 1. The van der Waals surface area contributed by atoms with Crippen LogP contribution in [0.3, 0.4) is 0 Å². The molecule has 2 rings (SSSR count). The summed E-state index contributed by atoms with van der Waals surface area (Å²) in [4.78, 5) is 14.1. The zero-order valence-corrected chi connectivity index (χ0v) is 11.4. The lowest BCUT2D eigenvalue weighted by molar-refractivity contribution is -0.135. The molecule has 0 heterocycles. The van der Waals surface area contributed by atoms with Crippen LogP contribution in [0.2, 0.25) is 5.02 Å². The van der Waals surface area contributed by atoms with Crippen LogP contribution in [0.5, 0.6) is 0 Å². The van der Waals surface area contributed by atoms with Crippen LogP contribution in [0.4, 0.5) is 0 Å². The van der Waals surface area contributed by atoms with E-state index in [1.54, 1.807) is 11.9 Å². The molecule has 3 nitrogen and oxygen atoms in total. The van der Waals surface area contributed by atoms with Crippen molar-refractivity contribution in [2.75, 3.05) is 13.7 Å². The van der Waals surface area contributed by atoms with E-state index in [4.69, 9.17) is 16.7 Å². The fourth-order valence-corrected chi connectivity index (χ4v) is 2.31. The molecule has 1 saturated carbocycles. The highest BCUT2D eigenvalue weighted by Crippen LogP contribution is 2.49. The molecule has 0 saturated heterocycles. The van der Waals surface area contributed by atoms with Crippen LogP contribution in [0.25, 0.3) is 0 Å². The Bertz CT molecular complexity index is 440. The predicted molar refractivity (Wildman–Crippen MR) is 71.7 cm³/mol. The average Bonchev–Trinajstić information content (AvgIpc) is 3.18. The summed E-state index contributed by atoms with van der Waals surface area (Å²) in [5, 5.41) is 9.82. The third kappa shape index (κ3) is 2.25. The number of nitrogens with zero attached hydrogens (tertiary/aromatic N) is 1. The van der Waals surface area contributed by atoms with Crippen LogP contribution in [0.15, 0.2) is 24.3 Å². The second-order valence-corrected chi connectivity index (χ2v) is 5.47. The molecule has 0 radical (unpaired) electrons. The van der Waals surface area contributed by atoms with Crippen molar-refractivity contribution in [1.82, 2.24) is 4.90 Å². The van der Waals surface area contributed by atoms with Crippen LogP contribution >= 0.6 is 11.6 Å². The van der Waals surface area contributed by atoms with Crippen molar-refractivity contribution in [1.29, 1.82) is 0 Å². The topological polar surface area (TPSA) is 40.5 Å². The summed E-state index contributed by atoms with van der Waals surface area (Å²) in [6.45, 7) is 1.83. The molecule has 0 aromatic heterocycles. The summed E-state index contributed by atoms with van der Waals surface area (Å²) in [7, 11) is 1.75. The Labute approximate surface area is 112 Å². The molecule has 18 heavy (non-hydrogen) atoms. The van der Waals surface area contributed by atoms with Gasteiger partial charge in [0.15, 0.2) is 0 Å². The van der Waals surface area contributed by atoms with Crippen LogP contribution in [0.1, 0.15) is 25.3 Å². The number of likely N-dealkylation sites (N-methyl/N-ethyl adjacent to an activating group) is 1. The molecule has 1 fully saturated rings. The van der Waals surface area contributed by atoms with Gasteiger partial charge >= 0.3 is 0 Å². The number of aliphatic hydroxyl groups is 1. The summed E-state index contributed by atoms with van der Waals surface area (Å²) in [5.41, 5.74) is 0.636. The van der Waals surface area contributed by atoms with E-state index in [0.29, 0.717) is 5.02 Å². The van der Waals surface area contributed by atoms with Gasteiger partial charge in [0.05, 0.1) is 18.1 Å². The van der Waals surface area contributed by atoms with Gasteiger partial charge in [-0.25, -0.2) is 0 Å². The number of hydrogen-bond donors (Lipinski definition) is 1. The number of carbonyl (C=O) groups is 1. The van der Waals surface area contributed by atoms with Gasteiger partial charge in [-0.2, -0.15) is 0 Å². The average molecular weight is 268 g/mol. The Kier molecular flexibility index (Phi) is 3.64. The second-order valence-electron chi connectivity index (χ2n) is 5.04. The molecule has 1 N–H and O–H groups in total. The normalized spacial score (nSPS) is 18.2. The van der Waals surface area contributed by atoms with Crippen LogP contribution in [-0.2, 0) is 10.2 Å².